The van der Waals surface area contributed by atoms with Gasteiger partial charge in [0.15, 0.2) is 0 Å². The summed E-state index contributed by atoms with van der Waals surface area (Å²) in [7, 11) is 0. The van der Waals surface area contributed by atoms with Gasteiger partial charge in [-0.2, -0.15) is 0 Å². The molecule has 0 saturated heterocycles. The molecule has 1 heterocycles. The van der Waals surface area contributed by atoms with E-state index in [9.17, 15) is 9.18 Å². The zero-order chi connectivity index (χ0) is 8.72. The lowest BCUT2D eigenvalue weighted by Crippen LogP contribution is -2.11. The van der Waals surface area contributed by atoms with Gasteiger partial charge in [0, 0.05) is 0 Å². The highest BCUT2D eigenvalue weighted by Gasteiger charge is 2.32. The summed E-state index contributed by atoms with van der Waals surface area (Å²) in [5, 5.41) is -0.732. The summed E-state index contributed by atoms with van der Waals surface area (Å²) in [6.45, 7) is 0. The third-order valence-electron chi connectivity index (χ3n) is 1.66. The summed E-state index contributed by atoms with van der Waals surface area (Å²) in [5.41, 5.74) is 0.0411. The van der Waals surface area contributed by atoms with E-state index in [4.69, 9.17) is 4.74 Å². The number of benzene rings is 1. The summed E-state index contributed by atoms with van der Waals surface area (Å²) < 4.78 is 18.0. The maximum absolute atomic E-state index is 13.0. The van der Waals surface area contributed by atoms with Crippen LogP contribution in [0.5, 0.6) is 5.75 Å². The van der Waals surface area contributed by atoms with Gasteiger partial charge in [-0.05, 0) is 28.1 Å². The third kappa shape index (κ3) is 0.948. The molecule has 0 radical (unpaired) electrons. The fourth-order valence-corrected chi connectivity index (χ4v) is 1.55. The maximum Gasteiger partial charge on any atom is 0.220 e. The Morgan fingerprint density at radius 1 is 1.50 bits per heavy atom. The smallest absolute Gasteiger partial charge is 0.220 e. The van der Waals surface area contributed by atoms with Crippen molar-refractivity contribution in [2.75, 3.05) is 0 Å². The molecule has 1 aromatic rings. The summed E-state index contributed by atoms with van der Waals surface area (Å²) in [5.74, 6) is -0.579. The predicted octanol–water partition coefficient (Wildman–Crippen LogP) is 2.12. The van der Waals surface area contributed by atoms with Crippen LogP contribution in [-0.4, -0.2) is 10.8 Å². The maximum atomic E-state index is 13.0. The topological polar surface area (TPSA) is 26.3 Å². The van der Waals surface area contributed by atoms with Gasteiger partial charge in [0.1, 0.15) is 17.1 Å². The highest BCUT2D eigenvalue weighted by Crippen LogP contribution is 2.32. The molecule has 0 amide bonds. The number of rotatable bonds is 0. The molecule has 62 valence electrons. The first kappa shape index (κ1) is 7.73. The zero-order valence-corrected chi connectivity index (χ0v) is 7.47. The Bertz CT molecular complexity index is 351. The van der Waals surface area contributed by atoms with Gasteiger partial charge in [-0.3, -0.25) is 4.79 Å². The van der Waals surface area contributed by atoms with Crippen molar-refractivity contribution in [1.82, 2.24) is 0 Å². The fraction of sp³-hybridized carbons (Fsp3) is 0.125. The van der Waals surface area contributed by atoms with Gasteiger partial charge >= 0.3 is 0 Å². The average molecular weight is 231 g/mol. The Morgan fingerprint density at radius 2 is 2.25 bits per heavy atom. The number of hydrogen-bond donors (Lipinski definition) is 0. The van der Waals surface area contributed by atoms with Crippen LogP contribution in [0.1, 0.15) is 10.4 Å². The van der Waals surface area contributed by atoms with E-state index >= 15 is 0 Å². The van der Waals surface area contributed by atoms with E-state index in [2.05, 4.69) is 15.9 Å². The SMILES string of the molecule is O=C1c2c(F)cccc2O[C@H]1Br. The molecule has 0 unspecified atom stereocenters. The van der Waals surface area contributed by atoms with E-state index in [0.717, 1.165) is 0 Å². The van der Waals surface area contributed by atoms with Gasteiger partial charge < -0.3 is 4.74 Å². The molecule has 0 N–H and O–H groups in total. The molecule has 0 bridgehead atoms. The van der Waals surface area contributed by atoms with Gasteiger partial charge in [-0.25, -0.2) is 4.39 Å². The van der Waals surface area contributed by atoms with Gasteiger partial charge in [-0.15, -0.1) is 0 Å². The van der Waals surface area contributed by atoms with Gasteiger partial charge in [0.05, 0.1) is 0 Å². The summed E-state index contributed by atoms with van der Waals surface area (Å²) in [6.07, 6.45) is 0. The van der Waals surface area contributed by atoms with E-state index < -0.39 is 10.8 Å². The number of halogens is 2. The van der Waals surface area contributed by atoms with E-state index in [0.29, 0.717) is 5.75 Å². The molecule has 1 aromatic carbocycles. The van der Waals surface area contributed by atoms with Crippen molar-refractivity contribution in [3.8, 4) is 5.75 Å². The average Bonchev–Trinajstić information content (AvgIpc) is 2.29. The number of ether oxygens (including phenoxy) is 1. The molecular weight excluding hydrogens is 227 g/mol. The number of ketones is 1. The van der Waals surface area contributed by atoms with Crippen LogP contribution in [0.2, 0.25) is 0 Å². The van der Waals surface area contributed by atoms with Crippen molar-refractivity contribution in [2.24, 2.45) is 0 Å². The van der Waals surface area contributed by atoms with E-state index in [1.54, 1.807) is 6.07 Å². The number of alkyl halides is 1. The number of Topliss-reactive ketones (excluding diaryl/α,β-unsaturated/α-hetero) is 1. The van der Waals surface area contributed by atoms with Crippen molar-refractivity contribution in [3.63, 3.8) is 0 Å². The van der Waals surface area contributed by atoms with Crippen LogP contribution in [0.4, 0.5) is 4.39 Å². The van der Waals surface area contributed by atoms with E-state index in [1.165, 1.54) is 12.1 Å². The largest absolute Gasteiger partial charge is 0.470 e. The molecule has 0 fully saturated rings. The first-order valence-corrected chi connectivity index (χ1v) is 4.25. The van der Waals surface area contributed by atoms with Crippen LogP contribution in [0.25, 0.3) is 0 Å². The van der Waals surface area contributed by atoms with Crippen molar-refractivity contribution >= 4 is 21.7 Å². The number of carbonyl (C=O) groups excluding carboxylic acids is 1. The minimum atomic E-state index is -0.732. The molecule has 0 spiro atoms. The lowest BCUT2D eigenvalue weighted by molar-refractivity contribution is 0.0939. The molecule has 12 heavy (non-hydrogen) atoms. The summed E-state index contributed by atoms with van der Waals surface area (Å²) >= 11 is 2.98. The highest BCUT2D eigenvalue weighted by molar-refractivity contribution is 9.09. The second kappa shape index (κ2) is 2.55. The number of carbonyl (C=O) groups is 1. The van der Waals surface area contributed by atoms with Gasteiger partial charge in [-0.1, -0.05) is 6.07 Å². The Kier molecular flexibility index (Phi) is 1.65. The monoisotopic (exact) mass is 230 g/mol. The van der Waals surface area contributed by atoms with Crippen molar-refractivity contribution in [1.29, 1.82) is 0 Å². The van der Waals surface area contributed by atoms with Gasteiger partial charge in [0.2, 0.25) is 10.8 Å². The Balaban J connectivity index is 2.62. The lowest BCUT2D eigenvalue weighted by Gasteiger charge is -1.97. The van der Waals surface area contributed by atoms with Crippen LogP contribution < -0.4 is 4.74 Å². The standard InChI is InChI=1S/C8H4BrFO2/c9-8-7(11)6-4(10)2-1-3-5(6)12-8/h1-3,8H/t8-/m1/s1. The Morgan fingerprint density at radius 3 is 2.92 bits per heavy atom. The molecule has 0 aromatic heterocycles. The fourth-order valence-electron chi connectivity index (χ4n) is 1.12. The quantitative estimate of drug-likeness (QED) is 0.639. The predicted molar refractivity (Wildman–Crippen MR) is 44.1 cm³/mol. The lowest BCUT2D eigenvalue weighted by atomic mass is 10.1. The van der Waals surface area contributed by atoms with Crippen LogP contribution in [0.3, 0.4) is 0 Å². The summed E-state index contributed by atoms with van der Waals surface area (Å²) in [6, 6.07) is 4.31. The van der Waals surface area contributed by atoms with Crippen molar-refractivity contribution < 1.29 is 13.9 Å². The highest BCUT2D eigenvalue weighted by atomic mass is 79.9. The van der Waals surface area contributed by atoms with Crippen LogP contribution >= 0.6 is 15.9 Å². The molecule has 2 nitrogen and oxygen atoms in total. The summed E-state index contributed by atoms with van der Waals surface area (Å²) in [4.78, 5) is 11.2. The Hall–Kier alpha value is -0.900. The molecule has 2 rings (SSSR count). The zero-order valence-electron chi connectivity index (χ0n) is 5.88. The normalized spacial score (nSPS) is 20.5. The van der Waals surface area contributed by atoms with Crippen LogP contribution in [0, 0.1) is 5.82 Å². The second-order valence-corrected chi connectivity index (χ2v) is 3.24. The Labute approximate surface area is 76.5 Å². The van der Waals surface area contributed by atoms with Crippen molar-refractivity contribution in [3.05, 3.63) is 29.6 Å². The molecule has 0 aliphatic carbocycles. The van der Waals surface area contributed by atoms with Crippen LogP contribution in [0.15, 0.2) is 18.2 Å². The molecule has 1 aliphatic rings. The molecular formula is C8H4BrFO2. The first-order valence-electron chi connectivity index (χ1n) is 3.33. The molecule has 1 aliphatic heterocycles. The van der Waals surface area contributed by atoms with Gasteiger partial charge in [0.25, 0.3) is 0 Å². The van der Waals surface area contributed by atoms with E-state index in [1.807, 2.05) is 0 Å². The number of fused-ring (bicyclic) bond motifs is 1. The molecule has 0 saturated carbocycles. The molecule has 1 atom stereocenters. The van der Waals surface area contributed by atoms with E-state index in [-0.39, 0.29) is 11.3 Å². The first-order chi connectivity index (χ1) is 5.70. The third-order valence-corrected chi connectivity index (χ3v) is 2.26. The number of hydrogen-bond acceptors (Lipinski definition) is 2. The van der Waals surface area contributed by atoms with Crippen molar-refractivity contribution in [2.45, 2.75) is 5.01 Å². The second-order valence-electron chi connectivity index (χ2n) is 2.41. The molecule has 4 heteroatoms. The minimum Gasteiger partial charge on any atom is -0.470 e. The van der Waals surface area contributed by atoms with Crippen LogP contribution in [-0.2, 0) is 0 Å². The minimum absolute atomic E-state index is 0.0411.